The molecule has 1 aliphatic rings. The maximum absolute atomic E-state index is 14.1. The second-order valence-electron chi connectivity index (χ2n) is 9.73. The molecule has 1 aromatic heterocycles. The molecule has 5 aromatic carbocycles. The van der Waals surface area contributed by atoms with Crippen molar-refractivity contribution in [1.82, 2.24) is 4.57 Å². The summed E-state index contributed by atoms with van der Waals surface area (Å²) in [6.45, 7) is 0. The Hall–Kier alpha value is -5.69. The first-order chi connectivity index (χ1) is 19.6. The van der Waals surface area contributed by atoms with Gasteiger partial charge in [0, 0.05) is 22.0 Å². The number of anilines is 1. The van der Waals surface area contributed by atoms with E-state index in [1.165, 1.54) is 4.90 Å². The quantitative estimate of drug-likeness (QED) is 0.279. The van der Waals surface area contributed by atoms with Crippen molar-refractivity contribution in [2.75, 3.05) is 4.90 Å². The number of nitrogens with zero attached hydrogens (tertiary/aromatic N) is 4. The van der Waals surface area contributed by atoms with Gasteiger partial charge in [-0.05, 0) is 53.6 Å². The number of aliphatic hydroxyl groups is 1. The molecular formula is C34H20N4O2. The highest BCUT2D eigenvalue weighted by molar-refractivity contribution is 6.15. The molecule has 0 saturated heterocycles. The van der Waals surface area contributed by atoms with Gasteiger partial charge < -0.3 is 9.67 Å². The Morgan fingerprint density at radius 2 is 1.30 bits per heavy atom. The van der Waals surface area contributed by atoms with Crippen molar-refractivity contribution >= 4 is 33.4 Å². The third-order valence-corrected chi connectivity index (χ3v) is 7.53. The Morgan fingerprint density at radius 3 is 1.95 bits per heavy atom. The normalized spacial score (nSPS) is 14.3. The largest absolute Gasteiger partial charge is 0.369 e. The number of amides is 1. The van der Waals surface area contributed by atoms with Crippen LogP contribution in [0, 0.1) is 22.7 Å². The van der Waals surface area contributed by atoms with Crippen LogP contribution in [-0.4, -0.2) is 15.6 Å². The van der Waals surface area contributed by atoms with E-state index in [2.05, 4.69) is 12.1 Å². The van der Waals surface area contributed by atoms with Crippen molar-refractivity contribution in [3.63, 3.8) is 0 Å². The summed E-state index contributed by atoms with van der Waals surface area (Å²) in [6.07, 6.45) is -1.18. The van der Waals surface area contributed by atoms with E-state index in [0.717, 1.165) is 32.9 Å². The van der Waals surface area contributed by atoms with Crippen LogP contribution in [0.5, 0.6) is 0 Å². The van der Waals surface area contributed by atoms with Gasteiger partial charge in [0.05, 0.1) is 45.5 Å². The molecule has 7 rings (SSSR count). The van der Waals surface area contributed by atoms with Gasteiger partial charge in [-0.2, -0.15) is 10.5 Å². The van der Waals surface area contributed by atoms with Crippen LogP contribution in [0.4, 0.5) is 5.69 Å². The topological polar surface area (TPSA) is 93.0 Å². The van der Waals surface area contributed by atoms with Crippen LogP contribution in [0.1, 0.15) is 33.3 Å². The van der Waals surface area contributed by atoms with Crippen LogP contribution in [0.2, 0.25) is 0 Å². The molecule has 2 heterocycles. The van der Waals surface area contributed by atoms with Gasteiger partial charge in [0.25, 0.3) is 5.91 Å². The number of hydrogen-bond donors (Lipinski definition) is 1. The average molecular weight is 517 g/mol. The van der Waals surface area contributed by atoms with Crippen molar-refractivity contribution in [2.24, 2.45) is 0 Å². The Bertz CT molecular complexity index is 2010. The summed E-state index contributed by atoms with van der Waals surface area (Å²) in [5.74, 6) is -0.328. The Labute approximate surface area is 229 Å². The summed E-state index contributed by atoms with van der Waals surface area (Å²) >= 11 is 0. The van der Waals surface area contributed by atoms with Gasteiger partial charge in [-0.3, -0.25) is 9.69 Å². The predicted molar refractivity (Wildman–Crippen MR) is 154 cm³/mol. The van der Waals surface area contributed by atoms with Crippen molar-refractivity contribution in [1.29, 1.82) is 10.5 Å². The molecule has 0 fully saturated rings. The van der Waals surface area contributed by atoms with Crippen molar-refractivity contribution < 1.29 is 9.90 Å². The first-order valence-electron chi connectivity index (χ1n) is 12.8. The van der Waals surface area contributed by atoms with Gasteiger partial charge in [-0.15, -0.1) is 0 Å². The molecule has 0 bridgehead atoms. The predicted octanol–water partition coefficient (Wildman–Crippen LogP) is 6.85. The molecule has 6 nitrogen and oxygen atoms in total. The molecule has 1 aliphatic heterocycles. The molecule has 0 radical (unpaired) electrons. The minimum atomic E-state index is -1.18. The number of rotatable bonds is 3. The lowest BCUT2D eigenvalue weighted by atomic mass is 10.0. The summed E-state index contributed by atoms with van der Waals surface area (Å²) < 4.78 is 1.92. The van der Waals surface area contributed by atoms with E-state index in [1.807, 2.05) is 83.4 Å². The molecule has 0 aliphatic carbocycles. The maximum Gasteiger partial charge on any atom is 0.263 e. The van der Waals surface area contributed by atoms with Crippen molar-refractivity contribution in [3.8, 4) is 29.0 Å². The number of carbonyl (C=O) groups is 1. The van der Waals surface area contributed by atoms with Crippen LogP contribution in [0.15, 0.2) is 109 Å². The van der Waals surface area contributed by atoms with E-state index in [-0.39, 0.29) is 5.91 Å². The molecule has 1 amide bonds. The standard InChI is InChI=1S/C34H20N4O2/c35-19-21-12-14-26-27-15-13-22(20-36)17-31(27)38(30(26)16-21)29-11-5-10-28-32(29)34(40)37(33(28)39)25-9-4-8-24(18-25)23-6-2-1-3-7-23/h1-18,33,39H. The zero-order valence-electron chi connectivity index (χ0n) is 21.1. The Kier molecular flexibility index (Phi) is 5.25. The molecule has 1 unspecified atom stereocenters. The summed E-state index contributed by atoms with van der Waals surface area (Å²) in [5.41, 5.74) is 6.43. The molecule has 0 spiro atoms. The summed E-state index contributed by atoms with van der Waals surface area (Å²) in [4.78, 5) is 15.6. The fourth-order valence-electron chi connectivity index (χ4n) is 5.70. The van der Waals surface area contributed by atoms with Gasteiger partial charge in [-0.25, -0.2) is 0 Å². The number of carbonyl (C=O) groups excluding carboxylic acids is 1. The zero-order valence-corrected chi connectivity index (χ0v) is 21.1. The summed E-state index contributed by atoms with van der Waals surface area (Å²) in [6, 6.07) is 38.1. The van der Waals surface area contributed by atoms with Crippen LogP contribution in [-0.2, 0) is 0 Å². The maximum atomic E-state index is 14.1. The van der Waals surface area contributed by atoms with Crippen molar-refractivity contribution in [2.45, 2.75) is 6.23 Å². The molecule has 188 valence electrons. The van der Waals surface area contributed by atoms with Gasteiger partial charge in [0.15, 0.2) is 6.23 Å². The summed E-state index contributed by atoms with van der Waals surface area (Å²) in [7, 11) is 0. The molecule has 40 heavy (non-hydrogen) atoms. The molecule has 6 heteroatoms. The van der Waals surface area contributed by atoms with Crippen LogP contribution < -0.4 is 4.90 Å². The number of hydrogen-bond acceptors (Lipinski definition) is 4. The monoisotopic (exact) mass is 516 g/mol. The molecule has 1 atom stereocenters. The molecular weight excluding hydrogens is 496 g/mol. The second kappa shape index (κ2) is 8.96. The fraction of sp³-hybridized carbons (Fsp3) is 0.0294. The van der Waals surface area contributed by atoms with Gasteiger partial charge >= 0.3 is 0 Å². The van der Waals surface area contributed by atoms with Crippen LogP contribution in [0.25, 0.3) is 38.6 Å². The van der Waals surface area contributed by atoms with E-state index in [0.29, 0.717) is 33.6 Å². The van der Waals surface area contributed by atoms with Crippen LogP contribution >= 0.6 is 0 Å². The third kappa shape index (κ3) is 3.41. The van der Waals surface area contributed by atoms with Gasteiger partial charge in [0.1, 0.15) is 0 Å². The average Bonchev–Trinajstić information content (AvgIpc) is 3.47. The highest BCUT2D eigenvalue weighted by Gasteiger charge is 2.39. The lowest BCUT2D eigenvalue weighted by molar-refractivity contribution is 0.0935. The minimum Gasteiger partial charge on any atom is -0.369 e. The summed E-state index contributed by atoms with van der Waals surface area (Å²) in [5, 5.41) is 32.5. The molecule has 0 saturated carbocycles. The molecule has 1 N–H and O–H groups in total. The number of benzene rings is 5. The SMILES string of the molecule is N#Cc1ccc2c3ccc(C#N)cc3n(-c3cccc4c3C(=O)N(c3cccc(-c5ccccc5)c3)C4O)c2c1. The Morgan fingerprint density at radius 1 is 0.675 bits per heavy atom. The van der Waals surface area contributed by atoms with Crippen molar-refractivity contribution in [3.05, 3.63) is 131 Å². The zero-order chi connectivity index (χ0) is 27.4. The lowest BCUT2D eigenvalue weighted by Crippen LogP contribution is -2.27. The fourth-order valence-corrected chi connectivity index (χ4v) is 5.70. The van der Waals surface area contributed by atoms with Gasteiger partial charge in [-0.1, -0.05) is 66.7 Å². The third-order valence-electron chi connectivity index (χ3n) is 7.53. The van der Waals surface area contributed by atoms with Crippen LogP contribution in [0.3, 0.4) is 0 Å². The Balaban J connectivity index is 1.45. The van der Waals surface area contributed by atoms with E-state index in [9.17, 15) is 20.4 Å². The smallest absolute Gasteiger partial charge is 0.263 e. The lowest BCUT2D eigenvalue weighted by Gasteiger charge is -2.21. The molecule has 6 aromatic rings. The highest BCUT2D eigenvalue weighted by atomic mass is 16.3. The van der Waals surface area contributed by atoms with E-state index >= 15 is 0 Å². The minimum absolute atomic E-state index is 0.328. The first-order valence-corrected chi connectivity index (χ1v) is 12.8. The second-order valence-corrected chi connectivity index (χ2v) is 9.73. The van der Waals surface area contributed by atoms with E-state index in [4.69, 9.17) is 0 Å². The number of aromatic nitrogens is 1. The van der Waals surface area contributed by atoms with E-state index < -0.39 is 6.23 Å². The van der Waals surface area contributed by atoms with Gasteiger partial charge in [0.2, 0.25) is 0 Å². The van der Waals surface area contributed by atoms with E-state index in [1.54, 1.807) is 30.3 Å². The number of fused-ring (bicyclic) bond motifs is 4. The first kappa shape index (κ1) is 23.4. The number of aliphatic hydroxyl groups excluding tert-OH is 1. The number of nitriles is 2. The highest BCUT2D eigenvalue weighted by Crippen LogP contribution is 2.42.